The highest BCUT2D eigenvalue weighted by molar-refractivity contribution is 5.04. The van der Waals surface area contributed by atoms with Crippen LogP contribution in [0.25, 0.3) is 0 Å². The zero-order valence-electron chi connectivity index (χ0n) is 9.19. The van der Waals surface area contributed by atoms with Crippen molar-refractivity contribution in [2.24, 2.45) is 5.92 Å². The molecule has 1 saturated carbocycles. The number of nitrogens with zero attached hydrogens (tertiary/aromatic N) is 2. The summed E-state index contributed by atoms with van der Waals surface area (Å²) in [5, 5.41) is 16.4. The summed E-state index contributed by atoms with van der Waals surface area (Å²) in [4.78, 5) is 0. The van der Waals surface area contributed by atoms with Crippen LogP contribution in [0.2, 0.25) is 0 Å². The highest BCUT2D eigenvalue weighted by atomic mass is 16.3. The van der Waals surface area contributed by atoms with Crippen molar-refractivity contribution in [1.82, 2.24) is 15.1 Å². The number of aliphatic hydroxyl groups is 1. The summed E-state index contributed by atoms with van der Waals surface area (Å²) in [7, 11) is 0. The highest BCUT2D eigenvalue weighted by Gasteiger charge is 2.24. The molecule has 0 radical (unpaired) electrons. The van der Waals surface area contributed by atoms with Crippen LogP contribution in [0.3, 0.4) is 0 Å². The molecule has 1 heterocycles. The normalized spacial score (nSPS) is 25.2. The van der Waals surface area contributed by atoms with E-state index in [2.05, 4.69) is 17.3 Å². The molecule has 1 aromatic rings. The quantitative estimate of drug-likeness (QED) is 0.753. The first-order valence-corrected chi connectivity index (χ1v) is 5.63. The van der Waals surface area contributed by atoms with Gasteiger partial charge in [-0.25, -0.2) is 0 Å². The van der Waals surface area contributed by atoms with Crippen LogP contribution in [0.5, 0.6) is 0 Å². The molecule has 84 valence electrons. The van der Waals surface area contributed by atoms with Crippen LogP contribution in [0.1, 0.15) is 25.3 Å². The lowest BCUT2D eigenvalue weighted by molar-refractivity contribution is 0.240. The van der Waals surface area contributed by atoms with Crippen LogP contribution in [-0.2, 0) is 13.1 Å². The molecule has 0 saturated heterocycles. The summed E-state index contributed by atoms with van der Waals surface area (Å²) in [6.07, 6.45) is 6.45. The van der Waals surface area contributed by atoms with Crippen molar-refractivity contribution in [2.75, 3.05) is 6.61 Å². The van der Waals surface area contributed by atoms with E-state index in [0.717, 1.165) is 12.5 Å². The second-order valence-corrected chi connectivity index (χ2v) is 4.49. The molecule has 0 aromatic carbocycles. The van der Waals surface area contributed by atoms with Gasteiger partial charge in [0.1, 0.15) is 0 Å². The van der Waals surface area contributed by atoms with E-state index in [9.17, 15) is 0 Å². The van der Waals surface area contributed by atoms with Gasteiger partial charge < -0.3 is 10.4 Å². The van der Waals surface area contributed by atoms with Crippen LogP contribution in [0.15, 0.2) is 12.4 Å². The lowest BCUT2D eigenvalue weighted by Crippen LogP contribution is -2.39. The van der Waals surface area contributed by atoms with E-state index in [-0.39, 0.29) is 6.61 Å². The molecule has 1 aliphatic rings. The fourth-order valence-corrected chi connectivity index (χ4v) is 2.05. The fraction of sp³-hybridized carbons (Fsp3) is 0.727. The Balaban J connectivity index is 1.73. The van der Waals surface area contributed by atoms with Crippen LogP contribution in [0, 0.1) is 5.92 Å². The zero-order chi connectivity index (χ0) is 10.7. The summed E-state index contributed by atoms with van der Waals surface area (Å²) in [5.41, 5.74) is 1.20. The Bertz CT molecular complexity index is 305. The predicted octanol–water partition coefficient (Wildman–Crippen LogP) is 0.763. The monoisotopic (exact) mass is 209 g/mol. The fourth-order valence-electron chi connectivity index (χ4n) is 2.05. The summed E-state index contributed by atoms with van der Waals surface area (Å²) in [6, 6.07) is 0.696. The van der Waals surface area contributed by atoms with E-state index in [1.807, 2.05) is 12.4 Å². The Morgan fingerprint density at radius 2 is 2.40 bits per heavy atom. The minimum absolute atomic E-state index is 0.148. The van der Waals surface area contributed by atoms with Crippen molar-refractivity contribution in [3.05, 3.63) is 18.0 Å². The third-order valence-corrected chi connectivity index (χ3v) is 2.98. The molecule has 15 heavy (non-hydrogen) atoms. The number of aliphatic hydroxyl groups excluding tert-OH is 1. The van der Waals surface area contributed by atoms with Gasteiger partial charge in [0.15, 0.2) is 0 Å². The van der Waals surface area contributed by atoms with Crippen LogP contribution < -0.4 is 5.32 Å². The average Bonchev–Trinajstić information content (AvgIpc) is 2.59. The summed E-state index contributed by atoms with van der Waals surface area (Å²) >= 11 is 0. The van der Waals surface area contributed by atoms with Gasteiger partial charge in [0.25, 0.3) is 0 Å². The Morgan fingerprint density at radius 3 is 3.07 bits per heavy atom. The maximum atomic E-state index is 8.75. The van der Waals surface area contributed by atoms with Crippen molar-refractivity contribution in [3.63, 3.8) is 0 Å². The number of hydrogen-bond donors (Lipinski definition) is 2. The summed E-state index contributed by atoms with van der Waals surface area (Å²) in [6.45, 7) is 3.91. The first-order valence-electron chi connectivity index (χ1n) is 5.63. The minimum Gasteiger partial charge on any atom is -0.394 e. The van der Waals surface area contributed by atoms with E-state index in [1.54, 1.807) is 4.68 Å². The van der Waals surface area contributed by atoms with Crippen LogP contribution in [-0.4, -0.2) is 27.5 Å². The zero-order valence-corrected chi connectivity index (χ0v) is 9.19. The largest absolute Gasteiger partial charge is 0.394 e. The molecule has 4 heteroatoms. The van der Waals surface area contributed by atoms with Gasteiger partial charge in [0.05, 0.1) is 19.3 Å². The van der Waals surface area contributed by atoms with Crippen molar-refractivity contribution >= 4 is 0 Å². The number of aromatic nitrogens is 2. The molecule has 0 spiro atoms. The molecule has 2 rings (SSSR count). The lowest BCUT2D eigenvalue weighted by Gasteiger charge is -2.33. The lowest BCUT2D eigenvalue weighted by atomic mass is 9.82. The van der Waals surface area contributed by atoms with Crippen LogP contribution >= 0.6 is 0 Å². The van der Waals surface area contributed by atoms with Gasteiger partial charge in [-0.3, -0.25) is 4.68 Å². The topological polar surface area (TPSA) is 50.1 Å². The SMILES string of the molecule is CC1CC(NCc2cnn(CCO)c2)C1. The number of hydrogen-bond acceptors (Lipinski definition) is 3. The Labute approximate surface area is 90.3 Å². The van der Waals surface area contributed by atoms with Crippen LogP contribution in [0.4, 0.5) is 0 Å². The summed E-state index contributed by atoms with van der Waals surface area (Å²) < 4.78 is 1.78. The maximum Gasteiger partial charge on any atom is 0.0640 e. The first kappa shape index (κ1) is 10.6. The van der Waals surface area contributed by atoms with Gasteiger partial charge in [0.2, 0.25) is 0 Å². The Hall–Kier alpha value is -0.870. The van der Waals surface area contributed by atoms with Gasteiger partial charge in [-0.15, -0.1) is 0 Å². The third-order valence-electron chi connectivity index (χ3n) is 2.98. The molecular weight excluding hydrogens is 190 g/mol. The van der Waals surface area contributed by atoms with E-state index < -0.39 is 0 Å². The third kappa shape index (κ3) is 2.79. The summed E-state index contributed by atoms with van der Waals surface area (Å²) in [5.74, 6) is 0.889. The first-order chi connectivity index (χ1) is 7.28. The molecule has 1 fully saturated rings. The molecule has 0 aliphatic heterocycles. The molecule has 2 N–H and O–H groups in total. The second-order valence-electron chi connectivity index (χ2n) is 4.49. The Kier molecular flexibility index (Phi) is 3.38. The minimum atomic E-state index is 0.148. The Morgan fingerprint density at radius 1 is 1.60 bits per heavy atom. The predicted molar refractivity (Wildman–Crippen MR) is 58.3 cm³/mol. The highest BCUT2D eigenvalue weighted by Crippen LogP contribution is 2.26. The molecule has 0 amide bonds. The number of nitrogens with one attached hydrogen (secondary N) is 1. The molecule has 0 unspecified atom stereocenters. The molecule has 0 bridgehead atoms. The van der Waals surface area contributed by atoms with E-state index in [0.29, 0.717) is 12.6 Å². The molecule has 0 atom stereocenters. The van der Waals surface area contributed by atoms with Crippen molar-refractivity contribution in [2.45, 2.75) is 38.9 Å². The van der Waals surface area contributed by atoms with Gasteiger partial charge in [-0.1, -0.05) is 6.92 Å². The second kappa shape index (κ2) is 4.77. The van der Waals surface area contributed by atoms with Crippen molar-refractivity contribution < 1.29 is 5.11 Å². The van der Waals surface area contributed by atoms with E-state index in [4.69, 9.17) is 5.11 Å². The number of rotatable bonds is 5. The van der Waals surface area contributed by atoms with E-state index >= 15 is 0 Å². The van der Waals surface area contributed by atoms with Gasteiger partial charge >= 0.3 is 0 Å². The molecule has 4 nitrogen and oxygen atoms in total. The standard InChI is InChI=1S/C11H19N3O/c1-9-4-11(5-9)12-6-10-7-13-14(8-10)2-3-15/h7-9,11-12,15H,2-6H2,1H3. The molecule has 1 aliphatic carbocycles. The van der Waals surface area contributed by atoms with Gasteiger partial charge in [-0.05, 0) is 18.8 Å². The van der Waals surface area contributed by atoms with Crippen molar-refractivity contribution in [1.29, 1.82) is 0 Å². The van der Waals surface area contributed by atoms with Gasteiger partial charge in [-0.2, -0.15) is 5.10 Å². The molecule has 1 aromatic heterocycles. The average molecular weight is 209 g/mol. The van der Waals surface area contributed by atoms with Crippen molar-refractivity contribution in [3.8, 4) is 0 Å². The molecular formula is C11H19N3O. The van der Waals surface area contributed by atoms with E-state index in [1.165, 1.54) is 18.4 Å². The maximum absolute atomic E-state index is 8.75. The smallest absolute Gasteiger partial charge is 0.0640 e. The van der Waals surface area contributed by atoms with Gasteiger partial charge in [0, 0.05) is 24.3 Å².